The Bertz CT molecular complexity index is 534. The fourth-order valence-electron chi connectivity index (χ4n) is 2.68. The molecule has 1 heterocycles. The minimum Gasteiger partial charge on any atom is -0.329 e. The van der Waals surface area contributed by atoms with Crippen molar-refractivity contribution in [2.24, 2.45) is 0 Å². The summed E-state index contributed by atoms with van der Waals surface area (Å²) in [6, 6.07) is 7.83. The highest BCUT2D eigenvalue weighted by molar-refractivity contribution is 5.94. The van der Waals surface area contributed by atoms with Crippen LogP contribution in [-0.2, 0) is 4.79 Å². The predicted molar refractivity (Wildman–Crippen MR) is 81.3 cm³/mol. The average molecular weight is 287 g/mol. The number of urea groups is 1. The molecule has 3 rings (SSSR count). The number of carbonyl (C=O) groups is 2. The van der Waals surface area contributed by atoms with Crippen LogP contribution in [0.25, 0.3) is 0 Å². The SMILES string of the molecule is O=C(CNC(=O)N1CCCC1)Nc1cccc(C2CC2)c1. The predicted octanol–water partition coefficient (Wildman–Crippen LogP) is 2.31. The first-order chi connectivity index (χ1) is 10.2. The molecule has 3 amide bonds. The molecule has 1 aliphatic carbocycles. The highest BCUT2D eigenvalue weighted by Gasteiger charge is 2.23. The second kappa shape index (κ2) is 6.16. The van der Waals surface area contributed by atoms with Crippen molar-refractivity contribution in [3.05, 3.63) is 29.8 Å². The van der Waals surface area contributed by atoms with Gasteiger partial charge in [-0.15, -0.1) is 0 Å². The number of likely N-dealkylation sites (tertiary alicyclic amines) is 1. The largest absolute Gasteiger partial charge is 0.329 e. The summed E-state index contributed by atoms with van der Waals surface area (Å²) in [6.07, 6.45) is 4.58. The van der Waals surface area contributed by atoms with Crippen LogP contribution in [-0.4, -0.2) is 36.5 Å². The Labute approximate surface area is 124 Å². The van der Waals surface area contributed by atoms with Gasteiger partial charge >= 0.3 is 6.03 Å². The molecule has 112 valence electrons. The molecule has 0 aromatic heterocycles. The van der Waals surface area contributed by atoms with Crippen LogP contribution in [0.3, 0.4) is 0 Å². The first kappa shape index (κ1) is 13.9. The van der Waals surface area contributed by atoms with E-state index in [1.165, 1.54) is 18.4 Å². The zero-order valence-corrected chi connectivity index (χ0v) is 12.1. The number of anilines is 1. The van der Waals surface area contributed by atoms with E-state index in [2.05, 4.69) is 16.7 Å². The van der Waals surface area contributed by atoms with E-state index in [0.29, 0.717) is 5.92 Å². The van der Waals surface area contributed by atoms with Gasteiger partial charge < -0.3 is 15.5 Å². The third kappa shape index (κ3) is 3.74. The van der Waals surface area contributed by atoms with Gasteiger partial charge in [0.15, 0.2) is 0 Å². The second-order valence-electron chi connectivity index (χ2n) is 5.80. The number of nitrogens with zero attached hydrogens (tertiary/aromatic N) is 1. The Balaban J connectivity index is 1.47. The van der Waals surface area contributed by atoms with Crippen LogP contribution in [0, 0.1) is 0 Å². The lowest BCUT2D eigenvalue weighted by Gasteiger charge is -2.16. The lowest BCUT2D eigenvalue weighted by Crippen LogP contribution is -2.41. The summed E-state index contributed by atoms with van der Waals surface area (Å²) in [5, 5.41) is 5.51. The van der Waals surface area contributed by atoms with Crippen LogP contribution >= 0.6 is 0 Å². The molecule has 1 aromatic rings. The Hall–Kier alpha value is -2.04. The summed E-state index contributed by atoms with van der Waals surface area (Å²) < 4.78 is 0. The van der Waals surface area contributed by atoms with E-state index < -0.39 is 0 Å². The minimum absolute atomic E-state index is 0.0169. The van der Waals surface area contributed by atoms with Gasteiger partial charge in [-0.25, -0.2) is 4.79 Å². The fraction of sp³-hybridized carbons (Fsp3) is 0.500. The summed E-state index contributed by atoms with van der Waals surface area (Å²) in [5.74, 6) is 0.479. The number of hydrogen-bond acceptors (Lipinski definition) is 2. The summed E-state index contributed by atoms with van der Waals surface area (Å²) in [7, 11) is 0. The van der Waals surface area contributed by atoms with E-state index >= 15 is 0 Å². The Morgan fingerprint density at radius 2 is 1.95 bits per heavy atom. The standard InChI is InChI=1S/C16H21N3O2/c20-15(11-17-16(21)19-8-1-2-9-19)18-14-5-3-4-13(10-14)12-6-7-12/h3-5,10,12H,1-2,6-9,11H2,(H,17,21)(H,18,20). The smallest absolute Gasteiger partial charge is 0.317 e. The zero-order chi connectivity index (χ0) is 14.7. The monoisotopic (exact) mass is 287 g/mol. The lowest BCUT2D eigenvalue weighted by atomic mass is 10.1. The van der Waals surface area contributed by atoms with Gasteiger partial charge in [0.25, 0.3) is 0 Å². The zero-order valence-electron chi connectivity index (χ0n) is 12.1. The van der Waals surface area contributed by atoms with Crippen molar-refractivity contribution in [1.29, 1.82) is 0 Å². The van der Waals surface area contributed by atoms with Gasteiger partial charge in [-0.2, -0.15) is 0 Å². The van der Waals surface area contributed by atoms with Crippen molar-refractivity contribution in [2.45, 2.75) is 31.6 Å². The van der Waals surface area contributed by atoms with Gasteiger partial charge in [0.2, 0.25) is 5.91 Å². The lowest BCUT2D eigenvalue weighted by molar-refractivity contribution is -0.115. The molecule has 1 aromatic carbocycles. The Kier molecular flexibility index (Phi) is 4.08. The molecule has 1 saturated heterocycles. The second-order valence-corrected chi connectivity index (χ2v) is 5.80. The number of hydrogen-bond donors (Lipinski definition) is 2. The molecule has 2 fully saturated rings. The van der Waals surface area contributed by atoms with E-state index in [1.54, 1.807) is 4.90 Å². The van der Waals surface area contributed by atoms with Crippen LogP contribution in [0.1, 0.15) is 37.2 Å². The molecule has 0 unspecified atom stereocenters. The summed E-state index contributed by atoms with van der Waals surface area (Å²) in [5.41, 5.74) is 2.09. The van der Waals surface area contributed by atoms with Crippen molar-refractivity contribution in [1.82, 2.24) is 10.2 Å². The van der Waals surface area contributed by atoms with Gasteiger partial charge in [-0.05, 0) is 49.3 Å². The molecule has 21 heavy (non-hydrogen) atoms. The normalized spacial score (nSPS) is 17.6. The van der Waals surface area contributed by atoms with Crippen LogP contribution in [0.2, 0.25) is 0 Å². The number of nitrogens with one attached hydrogen (secondary N) is 2. The molecular weight excluding hydrogens is 266 g/mol. The summed E-state index contributed by atoms with van der Waals surface area (Å²) in [6.45, 7) is 1.59. The van der Waals surface area contributed by atoms with Crippen LogP contribution in [0.5, 0.6) is 0 Å². The molecule has 0 bridgehead atoms. The maximum Gasteiger partial charge on any atom is 0.317 e. The highest BCUT2D eigenvalue weighted by Crippen LogP contribution is 2.40. The van der Waals surface area contributed by atoms with Gasteiger partial charge in [0, 0.05) is 18.8 Å². The minimum atomic E-state index is -0.185. The Morgan fingerprint density at radius 3 is 2.67 bits per heavy atom. The third-order valence-electron chi connectivity index (χ3n) is 4.01. The highest BCUT2D eigenvalue weighted by atomic mass is 16.2. The quantitative estimate of drug-likeness (QED) is 0.892. The van der Waals surface area contributed by atoms with E-state index in [0.717, 1.165) is 31.6 Å². The number of carbonyl (C=O) groups excluding carboxylic acids is 2. The maximum absolute atomic E-state index is 11.9. The molecular formula is C16H21N3O2. The Morgan fingerprint density at radius 1 is 1.19 bits per heavy atom. The molecule has 1 aliphatic heterocycles. The van der Waals surface area contributed by atoms with E-state index in [4.69, 9.17) is 0 Å². The van der Waals surface area contributed by atoms with E-state index in [9.17, 15) is 9.59 Å². The van der Waals surface area contributed by atoms with Gasteiger partial charge in [0.1, 0.15) is 0 Å². The summed E-state index contributed by atoms with van der Waals surface area (Å²) >= 11 is 0. The molecule has 2 N–H and O–H groups in total. The van der Waals surface area contributed by atoms with Gasteiger partial charge in [-0.3, -0.25) is 4.79 Å². The van der Waals surface area contributed by atoms with Gasteiger partial charge in [-0.1, -0.05) is 12.1 Å². The fourth-order valence-corrected chi connectivity index (χ4v) is 2.68. The maximum atomic E-state index is 11.9. The topological polar surface area (TPSA) is 61.4 Å². The number of amides is 3. The third-order valence-corrected chi connectivity index (χ3v) is 4.01. The molecule has 1 saturated carbocycles. The van der Waals surface area contributed by atoms with E-state index in [-0.39, 0.29) is 18.5 Å². The first-order valence-electron chi connectivity index (χ1n) is 7.65. The number of rotatable bonds is 4. The van der Waals surface area contributed by atoms with Crippen LogP contribution < -0.4 is 10.6 Å². The first-order valence-corrected chi connectivity index (χ1v) is 7.65. The van der Waals surface area contributed by atoms with Crippen LogP contribution in [0.15, 0.2) is 24.3 Å². The van der Waals surface area contributed by atoms with Crippen LogP contribution in [0.4, 0.5) is 10.5 Å². The molecule has 5 heteroatoms. The van der Waals surface area contributed by atoms with Gasteiger partial charge in [0.05, 0.1) is 6.54 Å². The average Bonchev–Trinajstić information content (AvgIpc) is 3.20. The molecule has 2 aliphatic rings. The van der Waals surface area contributed by atoms with Crippen molar-refractivity contribution in [3.8, 4) is 0 Å². The summed E-state index contributed by atoms with van der Waals surface area (Å²) in [4.78, 5) is 25.4. The van der Waals surface area contributed by atoms with Crippen molar-refractivity contribution >= 4 is 17.6 Å². The number of benzene rings is 1. The molecule has 0 radical (unpaired) electrons. The van der Waals surface area contributed by atoms with Crippen molar-refractivity contribution in [2.75, 3.05) is 25.0 Å². The molecule has 0 spiro atoms. The molecule has 0 atom stereocenters. The van der Waals surface area contributed by atoms with E-state index in [1.807, 2.05) is 18.2 Å². The van der Waals surface area contributed by atoms with Crippen molar-refractivity contribution < 1.29 is 9.59 Å². The van der Waals surface area contributed by atoms with Crippen molar-refractivity contribution in [3.63, 3.8) is 0 Å². The molecule has 5 nitrogen and oxygen atoms in total.